The molecule has 0 aliphatic carbocycles. The molecule has 90 valence electrons. The largest absolute Gasteiger partial charge is 0.293 e. The molecule has 1 rings (SSSR count). The van der Waals surface area contributed by atoms with Crippen molar-refractivity contribution in [1.29, 1.82) is 0 Å². The smallest absolute Gasteiger partial charge is 0.178 e. The van der Waals surface area contributed by atoms with Gasteiger partial charge in [-0.15, -0.1) is 11.3 Å². The maximum atomic E-state index is 11.8. The van der Waals surface area contributed by atoms with E-state index in [1.165, 1.54) is 11.3 Å². The van der Waals surface area contributed by atoms with Crippen molar-refractivity contribution in [2.24, 2.45) is 0 Å². The predicted octanol–water partition coefficient (Wildman–Crippen LogP) is 2.37. The van der Waals surface area contributed by atoms with Crippen molar-refractivity contribution in [3.8, 4) is 0 Å². The van der Waals surface area contributed by atoms with Crippen LogP contribution in [-0.2, 0) is 9.84 Å². The van der Waals surface area contributed by atoms with Crippen LogP contribution in [0, 0.1) is 13.8 Å². The van der Waals surface area contributed by atoms with Crippen LogP contribution in [0.15, 0.2) is 6.07 Å². The maximum absolute atomic E-state index is 11.8. The summed E-state index contributed by atoms with van der Waals surface area (Å²) in [6.45, 7) is 6.93. The zero-order chi connectivity index (χ0) is 12.5. The van der Waals surface area contributed by atoms with Crippen molar-refractivity contribution in [3.63, 3.8) is 0 Å². The lowest BCUT2D eigenvalue weighted by Crippen LogP contribution is -2.23. The topological polar surface area (TPSA) is 51.2 Å². The summed E-state index contributed by atoms with van der Waals surface area (Å²) in [5.74, 6) is -0.683. The lowest BCUT2D eigenvalue weighted by molar-refractivity contribution is 0.102. The van der Waals surface area contributed by atoms with Crippen LogP contribution in [0.1, 0.15) is 34.0 Å². The van der Waals surface area contributed by atoms with Gasteiger partial charge in [-0.1, -0.05) is 0 Å². The Morgan fingerprint density at radius 2 is 1.94 bits per heavy atom. The van der Waals surface area contributed by atoms with Gasteiger partial charge in [0.05, 0.1) is 5.25 Å². The minimum Gasteiger partial charge on any atom is -0.293 e. The highest BCUT2D eigenvalue weighted by molar-refractivity contribution is 7.92. The van der Waals surface area contributed by atoms with E-state index in [1.807, 2.05) is 13.8 Å². The van der Waals surface area contributed by atoms with Crippen molar-refractivity contribution in [1.82, 2.24) is 0 Å². The number of carbonyl (C=O) groups excluding carboxylic acids is 1. The standard InChI is InChI=1S/C11H16O3S2/c1-7(2)16(13,14)6-11(12)10-5-8(3)15-9(10)4/h5,7H,6H2,1-4H3. The van der Waals surface area contributed by atoms with Gasteiger partial charge < -0.3 is 0 Å². The van der Waals surface area contributed by atoms with Gasteiger partial charge in [-0.05, 0) is 33.8 Å². The zero-order valence-corrected chi connectivity index (χ0v) is 11.5. The molecule has 0 aromatic carbocycles. The van der Waals surface area contributed by atoms with E-state index in [0.717, 1.165) is 9.75 Å². The van der Waals surface area contributed by atoms with Crippen molar-refractivity contribution < 1.29 is 13.2 Å². The Bertz CT molecular complexity index is 495. The second-order valence-corrected chi connectivity index (χ2v) is 8.12. The van der Waals surface area contributed by atoms with Crippen molar-refractivity contribution in [2.75, 3.05) is 5.75 Å². The molecule has 0 spiro atoms. The molecule has 0 aliphatic rings. The molecule has 1 heterocycles. The lowest BCUT2D eigenvalue weighted by Gasteiger charge is -2.06. The number of ketones is 1. The number of carbonyl (C=O) groups is 1. The maximum Gasteiger partial charge on any atom is 0.178 e. The highest BCUT2D eigenvalue weighted by Crippen LogP contribution is 2.21. The van der Waals surface area contributed by atoms with Crippen LogP contribution in [0.5, 0.6) is 0 Å². The summed E-state index contributed by atoms with van der Waals surface area (Å²) < 4.78 is 23.2. The fraction of sp³-hybridized carbons (Fsp3) is 0.545. The third-order valence-electron chi connectivity index (χ3n) is 2.39. The molecule has 16 heavy (non-hydrogen) atoms. The fourth-order valence-electron chi connectivity index (χ4n) is 1.33. The third kappa shape index (κ3) is 2.92. The molecule has 0 amide bonds. The molecule has 0 aliphatic heterocycles. The fourth-order valence-corrected chi connectivity index (χ4v) is 3.13. The number of thiophene rings is 1. The van der Waals surface area contributed by atoms with Gasteiger partial charge in [0, 0.05) is 15.3 Å². The van der Waals surface area contributed by atoms with E-state index in [-0.39, 0.29) is 11.5 Å². The third-order valence-corrected chi connectivity index (χ3v) is 5.46. The molecule has 0 radical (unpaired) electrons. The summed E-state index contributed by atoms with van der Waals surface area (Å²) in [6, 6.07) is 1.76. The Hall–Kier alpha value is -0.680. The average Bonchev–Trinajstić information content (AvgIpc) is 2.44. The van der Waals surface area contributed by atoms with Crippen LogP contribution in [0.3, 0.4) is 0 Å². The minimum atomic E-state index is -3.30. The predicted molar refractivity (Wildman–Crippen MR) is 67.0 cm³/mol. The highest BCUT2D eigenvalue weighted by atomic mass is 32.2. The van der Waals surface area contributed by atoms with Crippen LogP contribution in [-0.4, -0.2) is 25.2 Å². The molecule has 0 bridgehead atoms. The van der Waals surface area contributed by atoms with Gasteiger partial charge in [0.25, 0.3) is 0 Å². The molecule has 0 N–H and O–H groups in total. The summed E-state index contributed by atoms with van der Waals surface area (Å²) in [5, 5.41) is -0.503. The number of sulfone groups is 1. The number of aryl methyl sites for hydroxylation is 2. The number of hydrogen-bond donors (Lipinski definition) is 0. The normalized spacial score (nSPS) is 12.1. The molecule has 0 atom stereocenters. The van der Waals surface area contributed by atoms with Gasteiger partial charge in [0.15, 0.2) is 15.6 Å². The lowest BCUT2D eigenvalue weighted by atomic mass is 10.2. The summed E-state index contributed by atoms with van der Waals surface area (Å²) in [7, 11) is -3.30. The second-order valence-electron chi connectivity index (χ2n) is 4.11. The van der Waals surface area contributed by atoms with Crippen LogP contribution >= 0.6 is 11.3 Å². The second kappa shape index (κ2) is 4.67. The van der Waals surface area contributed by atoms with Crippen molar-refractivity contribution >= 4 is 27.0 Å². The molecule has 5 heteroatoms. The molecule has 0 saturated heterocycles. The van der Waals surface area contributed by atoms with Crippen molar-refractivity contribution in [2.45, 2.75) is 32.9 Å². The molecule has 0 fully saturated rings. The molecule has 3 nitrogen and oxygen atoms in total. The van der Waals surface area contributed by atoms with E-state index in [1.54, 1.807) is 19.9 Å². The van der Waals surface area contributed by atoms with Crippen molar-refractivity contribution in [3.05, 3.63) is 21.4 Å². The number of hydrogen-bond acceptors (Lipinski definition) is 4. The Balaban J connectivity index is 2.94. The van der Waals surface area contributed by atoms with E-state index in [9.17, 15) is 13.2 Å². The average molecular weight is 260 g/mol. The first-order valence-electron chi connectivity index (χ1n) is 5.06. The van der Waals surface area contributed by atoms with E-state index in [0.29, 0.717) is 5.56 Å². The monoisotopic (exact) mass is 260 g/mol. The minimum absolute atomic E-state index is 0.296. The number of rotatable bonds is 4. The van der Waals surface area contributed by atoms with E-state index in [4.69, 9.17) is 0 Å². The number of Topliss-reactive ketones (excluding diaryl/α,β-unsaturated/α-hetero) is 1. The SMILES string of the molecule is Cc1cc(C(=O)CS(=O)(=O)C(C)C)c(C)s1. The Morgan fingerprint density at radius 1 is 1.38 bits per heavy atom. The molecule has 1 aromatic heterocycles. The Morgan fingerprint density at radius 3 is 2.31 bits per heavy atom. The van der Waals surface area contributed by atoms with E-state index in [2.05, 4.69) is 0 Å². The van der Waals surface area contributed by atoms with Gasteiger partial charge in [-0.25, -0.2) is 8.42 Å². The van der Waals surface area contributed by atoms with Crippen LogP contribution in [0.4, 0.5) is 0 Å². The van der Waals surface area contributed by atoms with Gasteiger partial charge in [-0.2, -0.15) is 0 Å². The molecule has 0 unspecified atom stereocenters. The Labute approximate surface area is 100 Å². The van der Waals surface area contributed by atoms with Gasteiger partial charge in [0.2, 0.25) is 0 Å². The van der Waals surface area contributed by atoms with Crippen LogP contribution < -0.4 is 0 Å². The quantitative estimate of drug-likeness (QED) is 0.781. The molecular formula is C11H16O3S2. The van der Waals surface area contributed by atoms with Crippen LogP contribution in [0.2, 0.25) is 0 Å². The highest BCUT2D eigenvalue weighted by Gasteiger charge is 2.23. The van der Waals surface area contributed by atoms with E-state index >= 15 is 0 Å². The summed E-state index contributed by atoms with van der Waals surface area (Å²) in [5.41, 5.74) is 0.548. The summed E-state index contributed by atoms with van der Waals surface area (Å²) in [6.07, 6.45) is 0. The first kappa shape index (κ1) is 13.4. The molecule has 1 aromatic rings. The van der Waals surface area contributed by atoms with Crippen LogP contribution in [0.25, 0.3) is 0 Å². The van der Waals surface area contributed by atoms with Gasteiger partial charge in [0.1, 0.15) is 5.75 Å². The summed E-state index contributed by atoms with van der Waals surface area (Å²) >= 11 is 1.52. The van der Waals surface area contributed by atoms with Gasteiger partial charge >= 0.3 is 0 Å². The first-order valence-corrected chi connectivity index (χ1v) is 7.59. The Kier molecular flexibility index (Phi) is 3.91. The van der Waals surface area contributed by atoms with Gasteiger partial charge in [-0.3, -0.25) is 4.79 Å². The van der Waals surface area contributed by atoms with E-state index < -0.39 is 15.1 Å². The zero-order valence-electron chi connectivity index (χ0n) is 9.90. The first-order chi connectivity index (χ1) is 7.24. The summed E-state index contributed by atoms with van der Waals surface area (Å²) in [4.78, 5) is 13.7. The molecule has 0 saturated carbocycles. The molecular weight excluding hydrogens is 244 g/mol.